The Morgan fingerprint density at radius 3 is 2.48 bits per heavy atom. The van der Waals surface area contributed by atoms with Crippen molar-refractivity contribution >= 4 is 6.29 Å². The van der Waals surface area contributed by atoms with Gasteiger partial charge in [0.05, 0.1) is 6.10 Å². The maximum absolute atomic E-state index is 11.6. The zero-order valence-corrected chi connectivity index (χ0v) is 17.1. The van der Waals surface area contributed by atoms with Gasteiger partial charge in [0.25, 0.3) is 0 Å². The lowest BCUT2D eigenvalue weighted by molar-refractivity contribution is -0.0971. The van der Waals surface area contributed by atoms with Gasteiger partial charge in [-0.05, 0) is 55.4 Å². The van der Waals surface area contributed by atoms with Crippen LogP contribution >= 0.6 is 0 Å². The summed E-state index contributed by atoms with van der Waals surface area (Å²) in [5, 5.41) is 0. The van der Waals surface area contributed by atoms with Crippen LogP contribution in [0.4, 0.5) is 0 Å². The number of hydrogen-bond acceptors (Lipinski definition) is 3. The van der Waals surface area contributed by atoms with Crippen molar-refractivity contribution in [3.8, 4) is 0 Å². The number of rotatable bonds is 8. The average molecular weight is 373 g/mol. The Hall–Kier alpha value is -1.19. The summed E-state index contributed by atoms with van der Waals surface area (Å²) in [4.78, 5) is 11.6. The van der Waals surface area contributed by atoms with E-state index in [9.17, 15) is 4.79 Å². The predicted molar refractivity (Wildman–Crippen MR) is 109 cm³/mol. The van der Waals surface area contributed by atoms with Gasteiger partial charge >= 0.3 is 0 Å². The van der Waals surface area contributed by atoms with Crippen LogP contribution in [0.25, 0.3) is 0 Å². The summed E-state index contributed by atoms with van der Waals surface area (Å²) in [6, 6.07) is 8.07. The summed E-state index contributed by atoms with van der Waals surface area (Å²) in [6.45, 7) is 2.64. The first-order valence-corrected chi connectivity index (χ1v) is 10.9. The standard InChI is InChI=1S/C24H36O3/c1-3-6-18-9-11-19(12-10-18)20-13-14-24(27-17-26-2)23(15-20)22-8-5-4-7-21(22)16-25/h4-5,7-8,16,18-20,23-24H,3,6,9-15,17H2,1-2H3. The van der Waals surface area contributed by atoms with Crippen LogP contribution in [0.5, 0.6) is 0 Å². The Bertz CT molecular complexity index is 577. The first kappa shape index (κ1) is 20.5. The highest BCUT2D eigenvalue weighted by Gasteiger charge is 2.37. The van der Waals surface area contributed by atoms with Crippen molar-refractivity contribution in [2.24, 2.45) is 17.8 Å². The Balaban J connectivity index is 1.71. The number of aldehydes is 1. The van der Waals surface area contributed by atoms with Gasteiger partial charge in [-0.15, -0.1) is 0 Å². The van der Waals surface area contributed by atoms with Crippen molar-refractivity contribution in [1.82, 2.24) is 0 Å². The van der Waals surface area contributed by atoms with Crippen molar-refractivity contribution in [2.45, 2.75) is 76.7 Å². The average Bonchev–Trinajstić information content (AvgIpc) is 2.73. The molecule has 0 spiro atoms. The molecule has 0 radical (unpaired) electrons. The number of benzene rings is 1. The van der Waals surface area contributed by atoms with Crippen molar-refractivity contribution < 1.29 is 14.3 Å². The molecule has 2 fully saturated rings. The Morgan fingerprint density at radius 1 is 1.04 bits per heavy atom. The fourth-order valence-electron chi connectivity index (χ4n) is 5.60. The second-order valence-corrected chi connectivity index (χ2v) is 8.61. The van der Waals surface area contributed by atoms with Crippen LogP contribution in [-0.4, -0.2) is 26.3 Å². The van der Waals surface area contributed by atoms with E-state index in [1.54, 1.807) is 7.11 Å². The molecule has 2 aliphatic rings. The predicted octanol–water partition coefficient (Wildman–Crippen LogP) is 5.98. The molecule has 0 aliphatic heterocycles. The summed E-state index contributed by atoms with van der Waals surface area (Å²) < 4.78 is 11.2. The van der Waals surface area contributed by atoms with Gasteiger partial charge in [-0.3, -0.25) is 4.79 Å². The van der Waals surface area contributed by atoms with Crippen molar-refractivity contribution in [3.63, 3.8) is 0 Å². The molecule has 0 amide bonds. The third-order valence-corrected chi connectivity index (χ3v) is 7.00. The normalized spacial score (nSPS) is 31.6. The molecule has 0 saturated heterocycles. The summed E-state index contributed by atoms with van der Waals surface area (Å²) in [7, 11) is 1.68. The summed E-state index contributed by atoms with van der Waals surface area (Å²) in [5.41, 5.74) is 1.98. The van der Waals surface area contributed by atoms with E-state index in [1.165, 1.54) is 44.9 Å². The van der Waals surface area contributed by atoms with Crippen molar-refractivity contribution in [2.75, 3.05) is 13.9 Å². The second kappa shape index (κ2) is 10.4. The maximum atomic E-state index is 11.6. The third-order valence-electron chi connectivity index (χ3n) is 7.00. The minimum Gasteiger partial charge on any atom is -0.359 e. The molecule has 0 N–H and O–H groups in total. The highest BCUT2D eigenvalue weighted by atomic mass is 16.7. The van der Waals surface area contributed by atoms with Gasteiger partial charge in [0, 0.05) is 18.6 Å². The smallest absolute Gasteiger partial charge is 0.150 e. The van der Waals surface area contributed by atoms with E-state index in [4.69, 9.17) is 9.47 Å². The first-order valence-electron chi connectivity index (χ1n) is 10.9. The number of carbonyl (C=O) groups is 1. The van der Waals surface area contributed by atoms with Crippen LogP contribution in [0.1, 0.15) is 86.6 Å². The minimum absolute atomic E-state index is 0.152. The van der Waals surface area contributed by atoms with Crippen molar-refractivity contribution in [1.29, 1.82) is 0 Å². The molecule has 3 rings (SSSR count). The van der Waals surface area contributed by atoms with E-state index >= 15 is 0 Å². The van der Waals surface area contributed by atoms with Gasteiger partial charge in [-0.25, -0.2) is 0 Å². The van der Waals surface area contributed by atoms with Crippen LogP contribution < -0.4 is 0 Å². The molecule has 2 saturated carbocycles. The van der Waals surface area contributed by atoms with Gasteiger partial charge in [0.1, 0.15) is 13.1 Å². The van der Waals surface area contributed by atoms with E-state index in [0.717, 1.165) is 48.0 Å². The number of hydrogen-bond donors (Lipinski definition) is 0. The second-order valence-electron chi connectivity index (χ2n) is 8.61. The van der Waals surface area contributed by atoms with Crippen molar-refractivity contribution in [3.05, 3.63) is 35.4 Å². The summed E-state index contributed by atoms with van der Waals surface area (Å²) in [6.07, 6.45) is 12.9. The van der Waals surface area contributed by atoms with E-state index in [1.807, 2.05) is 12.1 Å². The molecule has 1 aromatic rings. The largest absolute Gasteiger partial charge is 0.359 e. The topological polar surface area (TPSA) is 35.5 Å². The van der Waals surface area contributed by atoms with Gasteiger partial charge in [-0.2, -0.15) is 0 Å². The Kier molecular flexibility index (Phi) is 7.90. The van der Waals surface area contributed by atoms with Gasteiger partial charge < -0.3 is 9.47 Å². The third kappa shape index (κ3) is 5.20. The Labute approximate surface area is 164 Å². The lowest BCUT2D eigenvalue weighted by atomic mass is 9.66. The molecular formula is C24H36O3. The first-order chi connectivity index (χ1) is 13.3. The molecule has 3 nitrogen and oxygen atoms in total. The summed E-state index contributed by atoms with van der Waals surface area (Å²) >= 11 is 0. The highest BCUT2D eigenvalue weighted by Crippen LogP contribution is 2.46. The highest BCUT2D eigenvalue weighted by molar-refractivity contribution is 5.77. The monoisotopic (exact) mass is 372 g/mol. The van der Waals surface area contributed by atoms with Gasteiger partial charge in [0.2, 0.25) is 0 Å². The number of ether oxygens (including phenoxy) is 2. The molecule has 0 aromatic heterocycles. The Morgan fingerprint density at radius 2 is 1.78 bits per heavy atom. The lowest BCUT2D eigenvalue weighted by Crippen LogP contribution is -2.35. The zero-order chi connectivity index (χ0) is 19.1. The fourth-order valence-corrected chi connectivity index (χ4v) is 5.60. The van der Waals surface area contributed by atoms with E-state index in [-0.39, 0.29) is 6.10 Å². The number of carbonyl (C=O) groups excluding carboxylic acids is 1. The SMILES string of the molecule is CCCC1CCC(C2CCC(OCOC)C(c3ccccc3C=O)C2)CC1. The zero-order valence-electron chi connectivity index (χ0n) is 17.1. The van der Waals surface area contributed by atoms with Gasteiger partial charge in [0.15, 0.2) is 0 Å². The van der Waals surface area contributed by atoms with E-state index < -0.39 is 0 Å². The molecule has 3 atom stereocenters. The fraction of sp³-hybridized carbons (Fsp3) is 0.708. The molecular weight excluding hydrogens is 336 g/mol. The maximum Gasteiger partial charge on any atom is 0.150 e. The molecule has 150 valence electrons. The van der Waals surface area contributed by atoms with E-state index in [0.29, 0.717) is 12.7 Å². The molecule has 1 aromatic carbocycles. The lowest BCUT2D eigenvalue weighted by Gasteiger charge is -2.42. The molecule has 27 heavy (non-hydrogen) atoms. The van der Waals surface area contributed by atoms with Gasteiger partial charge in [-0.1, -0.05) is 56.9 Å². The molecule has 0 bridgehead atoms. The van der Waals surface area contributed by atoms with Crippen LogP contribution in [0.2, 0.25) is 0 Å². The van der Waals surface area contributed by atoms with Crippen LogP contribution in [0.15, 0.2) is 24.3 Å². The van der Waals surface area contributed by atoms with Crippen LogP contribution in [-0.2, 0) is 9.47 Å². The summed E-state index contributed by atoms with van der Waals surface area (Å²) in [5.74, 6) is 2.87. The quantitative estimate of drug-likeness (QED) is 0.416. The van der Waals surface area contributed by atoms with Crippen LogP contribution in [0.3, 0.4) is 0 Å². The molecule has 3 heteroatoms. The van der Waals surface area contributed by atoms with Crippen LogP contribution in [0, 0.1) is 17.8 Å². The molecule has 3 unspecified atom stereocenters. The molecule has 0 heterocycles. The van der Waals surface area contributed by atoms with E-state index in [2.05, 4.69) is 19.1 Å². The minimum atomic E-state index is 0.152. The number of methoxy groups -OCH3 is 1. The molecule has 2 aliphatic carbocycles.